The van der Waals surface area contributed by atoms with Crippen LogP contribution in [-0.4, -0.2) is 52.0 Å². The molecule has 0 aliphatic heterocycles. The summed E-state index contributed by atoms with van der Waals surface area (Å²) >= 11 is 15.4. The summed E-state index contributed by atoms with van der Waals surface area (Å²) in [7, 11) is 0. The molecule has 43 heavy (non-hydrogen) atoms. The predicted molar refractivity (Wildman–Crippen MR) is 188 cm³/mol. The molecule has 1 aromatic carbocycles. The standard InChI is InChI=1S/C11H16O2S3.C10H14O.C9H14N2O2S3/c1-3-8(2)11(12)13-6-7-15-10-5-4-9(14)16-10;1-3-8(2)9-4-6-10(11)7-5-9;1-3-6(2)7(12)13-4-5-15-9-11-10-8(14)16-9/h4-5,8,14H,3,6-7H2,1-2H3;4-8,11H,3H2,1-2H3;6H,3-5H2,1-2H3,(H,10,14). The number of hydrogen-bond donors (Lipinski definition) is 3. The van der Waals surface area contributed by atoms with Gasteiger partial charge in [-0.1, -0.05) is 76.8 Å². The molecule has 0 fully saturated rings. The van der Waals surface area contributed by atoms with Crippen molar-refractivity contribution in [3.8, 4) is 5.75 Å². The Morgan fingerprint density at radius 2 is 1.47 bits per heavy atom. The Kier molecular flexibility index (Phi) is 21.1. The van der Waals surface area contributed by atoms with Crippen molar-refractivity contribution in [1.29, 1.82) is 0 Å². The summed E-state index contributed by atoms with van der Waals surface area (Å²) in [5, 5.41) is 15.7. The van der Waals surface area contributed by atoms with Crippen LogP contribution in [0.3, 0.4) is 0 Å². The van der Waals surface area contributed by atoms with E-state index < -0.39 is 0 Å². The summed E-state index contributed by atoms with van der Waals surface area (Å²) in [6.45, 7) is 13.0. The van der Waals surface area contributed by atoms with E-state index in [-0.39, 0.29) is 23.8 Å². The summed E-state index contributed by atoms with van der Waals surface area (Å²) in [4.78, 5) is 22.7. The Morgan fingerprint density at radius 3 is 1.91 bits per heavy atom. The van der Waals surface area contributed by atoms with Crippen molar-refractivity contribution in [3.63, 3.8) is 0 Å². The maximum absolute atomic E-state index is 11.3. The Hall–Kier alpha value is -1.51. The molecule has 2 heterocycles. The summed E-state index contributed by atoms with van der Waals surface area (Å²) in [5.41, 5.74) is 1.30. The molecule has 0 amide bonds. The monoisotopic (exact) mass is 704 g/mol. The average molecular weight is 705 g/mol. The third kappa shape index (κ3) is 17.5. The molecule has 0 saturated heterocycles. The quantitative estimate of drug-likeness (QED) is 0.0498. The number of ether oxygens (including phenoxy) is 2. The van der Waals surface area contributed by atoms with Crippen LogP contribution in [0.5, 0.6) is 5.75 Å². The number of aromatic amines is 1. The summed E-state index contributed by atoms with van der Waals surface area (Å²) < 4.78 is 14.0. The molecule has 0 bridgehead atoms. The van der Waals surface area contributed by atoms with Gasteiger partial charge in [-0.15, -0.1) is 35.7 Å². The largest absolute Gasteiger partial charge is 0.508 e. The number of aromatic hydroxyl groups is 1. The van der Waals surface area contributed by atoms with Gasteiger partial charge in [-0.3, -0.25) is 14.7 Å². The van der Waals surface area contributed by atoms with Crippen molar-refractivity contribution in [1.82, 2.24) is 10.2 Å². The highest BCUT2D eigenvalue weighted by atomic mass is 32.2. The number of hydrogen-bond acceptors (Lipinski definition) is 12. The molecule has 2 N–H and O–H groups in total. The Balaban J connectivity index is 0.000000329. The normalized spacial score (nSPS) is 12.5. The van der Waals surface area contributed by atoms with Gasteiger partial charge in [0.05, 0.1) is 20.3 Å². The first-order valence-corrected chi connectivity index (χ1v) is 18.7. The fourth-order valence-corrected chi connectivity index (χ4v) is 7.17. The molecule has 3 unspecified atom stereocenters. The number of aromatic nitrogens is 2. The van der Waals surface area contributed by atoms with Gasteiger partial charge in [-0.05, 0) is 67.2 Å². The van der Waals surface area contributed by atoms with Gasteiger partial charge in [-0.2, -0.15) is 5.10 Å². The number of thioether (sulfide) groups is 2. The number of nitrogens with zero attached hydrogens (tertiary/aromatic N) is 1. The number of rotatable bonds is 14. The Morgan fingerprint density at radius 1 is 0.907 bits per heavy atom. The van der Waals surface area contributed by atoms with Gasteiger partial charge in [-0.25, -0.2) is 0 Å². The minimum Gasteiger partial charge on any atom is -0.508 e. The van der Waals surface area contributed by atoms with E-state index in [9.17, 15) is 9.59 Å². The number of nitrogens with one attached hydrogen (secondary N) is 1. The van der Waals surface area contributed by atoms with Crippen LogP contribution in [0.1, 0.15) is 72.3 Å². The van der Waals surface area contributed by atoms with Crippen LogP contribution < -0.4 is 0 Å². The molecule has 0 aliphatic carbocycles. The topological polar surface area (TPSA) is 102 Å². The average Bonchev–Trinajstić information content (AvgIpc) is 3.63. The Bertz CT molecular complexity index is 1240. The highest BCUT2D eigenvalue weighted by Gasteiger charge is 2.12. The molecule has 2 aromatic heterocycles. The van der Waals surface area contributed by atoms with Crippen molar-refractivity contribution >= 4 is 83.0 Å². The molecule has 13 heteroatoms. The van der Waals surface area contributed by atoms with E-state index in [4.69, 9.17) is 26.8 Å². The summed E-state index contributed by atoms with van der Waals surface area (Å²) in [5.74, 6) is 2.22. The van der Waals surface area contributed by atoms with Crippen LogP contribution >= 0.6 is 71.0 Å². The lowest BCUT2D eigenvalue weighted by Crippen LogP contribution is -2.15. The lowest BCUT2D eigenvalue weighted by atomic mass is 9.99. The highest BCUT2D eigenvalue weighted by Crippen LogP contribution is 2.29. The van der Waals surface area contributed by atoms with E-state index in [2.05, 4.69) is 36.7 Å². The molecule has 3 rings (SSSR count). The zero-order chi connectivity index (χ0) is 32.2. The first-order valence-electron chi connectivity index (χ1n) is 14.2. The number of benzene rings is 1. The van der Waals surface area contributed by atoms with Crippen molar-refractivity contribution in [2.75, 3.05) is 24.7 Å². The first-order chi connectivity index (χ1) is 20.5. The molecule has 0 radical (unpaired) electrons. The van der Waals surface area contributed by atoms with Crippen LogP contribution in [0.2, 0.25) is 0 Å². The number of esters is 2. The predicted octanol–water partition coefficient (Wildman–Crippen LogP) is 9.51. The minimum absolute atomic E-state index is 0.00998. The number of H-pyrrole nitrogens is 1. The lowest BCUT2D eigenvalue weighted by molar-refractivity contribution is -0.148. The number of thiophene rings is 1. The highest BCUT2D eigenvalue weighted by molar-refractivity contribution is 8.01. The van der Waals surface area contributed by atoms with Crippen molar-refractivity contribution < 1.29 is 24.2 Å². The Labute approximate surface area is 283 Å². The van der Waals surface area contributed by atoms with Gasteiger partial charge in [0.1, 0.15) is 19.0 Å². The van der Waals surface area contributed by atoms with Gasteiger partial charge in [0.15, 0.2) is 8.29 Å². The molecule has 0 saturated carbocycles. The third-order valence-corrected chi connectivity index (χ3v) is 10.9. The van der Waals surface area contributed by atoms with E-state index in [1.807, 2.05) is 52.0 Å². The van der Waals surface area contributed by atoms with Crippen LogP contribution in [0.25, 0.3) is 0 Å². The van der Waals surface area contributed by atoms with Crippen LogP contribution in [0, 0.1) is 15.8 Å². The van der Waals surface area contributed by atoms with Crippen molar-refractivity contribution in [2.24, 2.45) is 11.8 Å². The van der Waals surface area contributed by atoms with Crippen molar-refractivity contribution in [2.45, 2.75) is 79.5 Å². The molecule has 3 atom stereocenters. The number of carbonyl (C=O) groups is 2. The molecule has 0 aliphatic rings. The van der Waals surface area contributed by atoms with E-state index in [1.165, 1.54) is 32.9 Å². The zero-order valence-electron chi connectivity index (χ0n) is 25.7. The smallest absolute Gasteiger partial charge is 0.308 e. The fourth-order valence-electron chi connectivity index (χ4n) is 2.88. The molecular weight excluding hydrogens is 661 g/mol. The van der Waals surface area contributed by atoms with E-state index in [0.29, 0.717) is 34.6 Å². The van der Waals surface area contributed by atoms with Gasteiger partial charge in [0.25, 0.3) is 0 Å². The third-order valence-electron chi connectivity index (χ3n) is 6.21. The number of phenols is 1. The van der Waals surface area contributed by atoms with Crippen LogP contribution in [0.15, 0.2) is 49.2 Å². The number of carbonyl (C=O) groups excluding carboxylic acids is 2. The van der Waals surface area contributed by atoms with Crippen molar-refractivity contribution in [3.05, 3.63) is 45.9 Å². The zero-order valence-corrected chi connectivity index (χ0v) is 30.6. The molecule has 240 valence electrons. The van der Waals surface area contributed by atoms with Gasteiger partial charge >= 0.3 is 11.9 Å². The first kappa shape index (κ1) is 39.5. The second-order valence-electron chi connectivity index (χ2n) is 9.52. The van der Waals surface area contributed by atoms with Crippen LogP contribution in [-0.2, 0) is 19.1 Å². The maximum atomic E-state index is 11.3. The van der Waals surface area contributed by atoms with Gasteiger partial charge in [0, 0.05) is 11.5 Å². The fraction of sp³-hybridized carbons (Fsp3) is 0.533. The molecule has 7 nitrogen and oxygen atoms in total. The van der Waals surface area contributed by atoms with Gasteiger partial charge in [0.2, 0.25) is 0 Å². The second kappa shape index (κ2) is 22.9. The maximum Gasteiger partial charge on any atom is 0.308 e. The van der Waals surface area contributed by atoms with E-state index in [0.717, 1.165) is 33.6 Å². The van der Waals surface area contributed by atoms with E-state index >= 15 is 0 Å². The molecular formula is C30H44N2O5S6. The van der Waals surface area contributed by atoms with Crippen LogP contribution in [0.4, 0.5) is 0 Å². The molecule has 0 spiro atoms. The SMILES string of the molecule is CCC(C)C(=O)OCCSc1ccc(S)s1.CCC(C)C(=O)OCCSc1n[nH]c(=S)s1.CCC(C)c1ccc(O)cc1. The number of phenolic OH excluding ortho intramolecular Hbond substituents is 1. The second-order valence-corrected chi connectivity index (χ2v) is 15.8. The minimum atomic E-state index is -0.127. The number of thiol groups is 1. The summed E-state index contributed by atoms with van der Waals surface area (Å²) in [6.07, 6.45) is 2.79. The molecule has 3 aromatic rings. The lowest BCUT2D eigenvalue weighted by Gasteiger charge is -2.08. The van der Waals surface area contributed by atoms with Gasteiger partial charge < -0.3 is 14.6 Å². The summed E-state index contributed by atoms with van der Waals surface area (Å²) in [6, 6.07) is 11.4. The van der Waals surface area contributed by atoms with E-state index in [1.54, 1.807) is 35.2 Å².